The first-order chi connectivity index (χ1) is 13.7. The van der Waals surface area contributed by atoms with Crippen LogP contribution in [0.2, 0.25) is 0 Å². The molecule has 1 unspecified atom stereocenters. The lowest BCUT2D eigenvalue weighted by Gasteiger charge is -2.20. The van der Waals surface area contributed by atoms with E-state index in [1.807, 2.05) is 24.6 Å². The fourth-order valence-corrected chi connectivity index (χ4v) is 4.15. The molecule has 2 aromatic heterocycles. The number of amides is 1. The van der Waals surface area contributed by atoms with Crippen molar-refractivity contribution < 1.29 is 17.9 Å². The van der Waals surface area contributed by atoms with Crippen molar-refractivity contribution in [3.8, 4) is 17.1 Å². The number of benzene rings is 1. The summed E-state index contributed by atoms with van der Waals surface area (Å²) >= 11 is 0. The van der Waals surface area contributed by atoms with E-state index in [9.17, 15) is 13.2 Å². The minimum absolute atomic E-state index is 0.0235. The van der Waals surface area contributed by atoms with Gasteiger partial charge in [-0.25, -0.2) is 18.4 Å². The quantitative estimate of drug-likeness (QED) is 0.684. The number of nitrogens with one attached hydrogen (secondary N) is 1. The Balaban J connectivity index is 1.77. The third-order valence-electron chi connectivity index (χ3n) is 5.19. The Hall–Kier alpha value is -2.94. The summed E-state index contributed by atoms with van der Waals surface area (Å²) in [6.07, 6.45) is 3.05. The van der Waals surface area contributed by atoms with Crippen LogP contribution in [0.25, 0.3) is 22.3 Å². The molecule has 152 valence electrons. The molecular weight excluding hydrogens is 392 g/mol. The Morgan fingerprint density at radius 2 is 2.10 bits per heavy atom. The summed E-state index contributed by atoms with van der Waals surface area (Å²) in [4.78, 5) is 20.9. The summed E-state index contributed by atoms with van der Waals surface area (Å²) in [6.45, 7) is 2.50. The molecule has 29 heavy (non-hydrogen) atoms. The largest absolute Gasteiger partial charge is 0.473 e. The maximum absolute atomic E-state index is 11.9. The maximum atomic E-state index is 11.9. The number of sulfone groups is 1. The van der Waals surface area contributed by atoms with Gasteiger partial charge in [-0.3, -0.25) is 4.79 Å². The fraction of sp³-hybridized carbons (Fsp3) is 0.350. The van der Waals surface area contributed by atoms with Gasteiger partial charge in [0.05, 0.1) is 22.4 Å². The number of aromatic nitrogens is 3. The van der Waals surface area contributed by atoms with Crippen molar-refractivity contribution in [1.29, 1.82) is 0 Å². The number of ether oxygens (including phenoxy) is 1. The topological polar surface area (TPSA) is 103 Å². The molecule has 0 spiro atoms. The Bertz CT molecular complexity index is 1200. The highest BCUT2D eigenvalue weighted by Gasteiger charge is 2.29. The van der Waals surface area contributed by atoms with Crippen LogP contribution in [0.3, 0.4) is 0 Å². The van der Waals surface area contributed by atoms with Gasteiger partial charge in [-0.05, 0) is 25.1 Å². The number of fused-ring (bicyclic) bond motifs is 1. The molecule has 1 aliphatic heterocycles. The van der Waals surface area contributed by atoms with E-state index < -0.39 is 9.84 Å². The van der Waals surface area contributed by atoms with Crippen LogP contribution in [0.4, 0.5) is 0 Å². The molecule has 0 bridgehead atoms. The van der Waals surface area contributed by atoms with E-state index in [-0.39, 0.29) is 22.8 Å². The van der Waals surface area contributed by atoms with Crippen LogP contribution < -0.4 is 10.1 Å². The summed E-state index contributed by atoms with van der Waals surface area (Å²) in [6, 6.07) is 8.46. The average Bonchev–Trinajstić information content (AvgIpc) is 3.27. The first-order valence-corrected chi connectivity index (χ1v) is 11.2. The molecule has 1 N–H and O–H groups in total. The lowest BCUT2D eigenvalue weighted by atomic mass is 10.0. The van der Waals surface area contributed by atoms with Gasteiger partial charge >= 0.3 is 0 Å². The van der Waals surface area contributed by atoms with E-state index in [1.54, 1.807) is 30.6 Å². The number of hydrogen-bond donors (Lipinski definition) is 1. The fourth-order valence-electron chi connectivity index (χ4n) is 3.49. The SMILES string of the molecule is C[C@@H](Oc1nc(-c2cccc(S(C)(=O)=O)c2)cc2ncn(C)c12)C1CNC(=O)C1. The monoisotopic (exact) mass is 414 g/mol. The van der Waals surface area contributed by atoms with Gasteiger partial charge in [0, 0.05) is 37.8 Å². The molecule has 0 aliphatic carbocycles. The average molecular weight is 414 g/mol. The highest BCUT2D eigenvalue weighted by atomic mass is 32.2. The number of carbonyl (C=O) groups is 1. The van der Waals surface area contributed by atoms with E-state index >= 15 is 0 Å². The minimum Gasteiger partial charge on any atom is -0.473 e. The zero-order valence-corrected chi connectivity index (χ0v) is 17.2. The van der Waals surface area contributed by atoms with E-state index in [2.05, 4.69) is 15.3 Å². The number of nitrogens with zero attached hydrogens (tertiary/aromatic N) is 3. The van der Waals surface area contributed by atoms with E-state index in [1.165, 1.54) is 6.26 Å². The van der Waals surface area contributed by atoms with Gasteiger partial charge in [-0.1, -0.05) is 12.1 Å². The van der Waals surface area contributed by atoms with Crippen LogP contribution in [0, 0.1) is 5.92 Å². The van der Waals surface area contributed by atoms with Crippen molar-refractivity contribution in [1.82, 2.24) is 19.9 Å². The van der Waals surface area contributed by atoms with Gasteiger partial charge < -0.3 is 14.6 Å². The van der Waals surface area contributed by atoms with Crippen molar-refractivity contribution in [3.05, 3.63) is 36.7 Å². The van der Waals surface area contributed by atoms with Crippen LogP contribution in [-0.4, -0.2) is 47.8 Å². The van der Waals surface area contributed by atoms with E-state index in [4.69, 9.17) is 4.74 Å². The molecule has 3 aromatic rings. The van der Waals surface area contributed by atoms with Gasteiger partial charge in [0.25, 0.3) is 0 Å². The predicted molar refractivity (Wildman–Crippen MR) is 108 cm³/mol. The Labute approximate surface area is 168 Å². The molecular formula is C20H22N4O4S. The van der Waals surface area contributed by atoms with Crippen molar-refractivity contribution in [3.63, 3.8) is 0 Å². The van der Waals surface area contributed by atoms with Crippen molar-refractivity contribution in [2.24, 2.45) is 13.0 Å². The zero-order valence-electron chi connectivity index (χ0n) is 16.4. The molecule has 9 heteroatoms. The second kappa shape index (κ2) is 7.14. The van der Waals surface area contributed by atoms with E-state index in [0.717, 1.165) is 5.52 Å². The van der Waals surface area contributed by atoms with Crippen molar-refractivity contribution in [2.75, 3.05) is 12.8 Å². The van der Waals surface area contributed by atoms with E-state index in [0.29, 0.717) is 35.6 Å². The highest BCUT2D eigenvalue weighted by Crippen LogP contribution is 2.31. The molecule has 3 heterocycles. The maximum Gasteiger partial charge on any atom is 0.241 e. The summed E-state index contributed by atoms with van der Waals surface area (Å²) in [5.74, 6) is 0.495. The van der Waals surface area contributed by atoms with Gasteiger partial charge in [0.15, 0.2) is 9.84 Å². The van der Waals surface area contributed by atoms with Gasteiger partial charge in [-0.15, -0.1) is 0 Å². The summed E-state index contributed by atoms with van der Waals surface area (Å²) in [7, 11) is -1.47. The predicted octanol–water partition coefficient (Wildman–Crippen LogP) is 1.94. The molecule has 1 fully saturated rings. The minimum atomic E-state index is -3.33. The number of pyridine rings is 1. The molecule has 4 rings (SSSR count). The number of aryl methyl sites for hydroxylation is 1. The third-order valence-corrected chi connectivity index (χ3v) is 6.30. The van der Waals surface area contributed by atoms with Crippen molar-refractivity contribution in [2.45, 2.75) is 24.3 Å². The standard InChI is InChI=1S/C20H22N4O4S/c1-12(14-8-18(25)21-10-14)28-20-19-17(22-11-24(19)2)9-16(23-20)13-5-4-6-15(7-13)29(3,26)27/h4-7,9,11-12,14H,8,10H2,1-3H3,(H,21,25)/t12-,14?/m1/s1. The van der Waals surface area contributed by atoms with Crippen LogP contribution in [0.15, 0.2) is 41.6 Å². The number of carbonyl (C=O) groups excluding carboxylic acids is 1. The first kappa shape index (κ1) is 19.4. The Kier molecular flexibility index (Phi) is 4.77. The Morgan fingerprint density at radius 3 is 2.79 bits per heavy atom. The summed E-state index contributed by atoms with van der Waals surface area (Å²) in [5, 5.41) is 2.82. The van der Waals surface area contributed by atoms with Crippen LogP contribution >= 0.6 is 0 Å². The van der Waals surface area contributed by atoms with Crippen molar-refractivity contribution >= 4 is 26.8 Å². The smallest absolute Gasteiger partial charge is 0.241 e. The molecule has 1 aliphatic rings. The summed E-state index contributed by atoms with van der Waals surface area (Å²) < 4.78 is 31.9. The lowest BCUT2D eigenvalue weighted by molar-refractivity contribution is -0.119. The van der Waals surface area contributed by atoms with Crippen LogP contribution in [0.5, 0.6) is 5.88 Å². The number of hydrogen-bond acceptors (Lipinski definition) is 6. The second-order valence-electron chi connectivity index (χ2n) is 7.43. The molecule has 1 aromatic carbocycles. The zero-order chi connectivity index (χ0) is 20.8. The molecule has 1 amide bonds. The van der Waals surface area contributed by atoms with Crippen LogP contribution in [0.1, 0.15) is 13.3 Å². The molecule has 2 atom stereocenters. The molecule has 1 saturated heterocycles. The normalized spacial score (nSPS) is 18.0. The summed E-state index contributed by atoms with van der Waals surface area (Å²) in [5.41, 5.74) is 2.68. The molecule has 0 saturated carbocycles. The second-order valence-corrected chi connectivity index (χ2v) is 9.44. The van der Waals surface area contributed by atoms with Gasteiger partial charge in [-0.2, -0.15) is 0 Å². The highest BCUT2D eigenvalue weighted by molar-refractivity contribution is 7.90. The lowest BCUT2D eigenvalue weighted by Crippen LogP contribution is -2.26. The van der Waals surface area contributed by atoms with Gasteiger partial charge in [0.2, 0.25) is 11.8 Å². The molecule has 0 radical (unpaired) electrons. The van der Waals surface area contributed by atoms with Gasteiger partial charge in [0.1, 0.15) is 11.6 Å². The third kappa shape index (κ3) is 3.82. The molecule has 8 nitrogen and oxygen atoms in total. The number of imidazole rings is 1. The van der Waals surface area contributed by atoms with Crippen LogP contribution in [-0.2, 0) is 21.7 Å². The first-order valence-electron chi connectivity index (χ1n) is 9.28. The Morgan fingerprint density at radius 1 is 1.31 bits per heavy atom. The number of rotatable bonds is 5.